The van der Waals surface area contributed by atoms with Crippen LogP contribution in [0.2, 0.25) is 0 Å². The van der Waals surface area contributed by atoms with Crippen molar-refractivity contribution in [2.45, 2.75) is 19.3 Å². The maximum Gasteiger partial charge on any atom is 0.316 e. The van der Waals surface area contributed by atoms with Gasteiger partial charge in [-0.15, -0.1) is 0 Å². The van der Waals surface area contributed by atoms with E-state index >= 15 is 0 Å². The molecule has 0 radical (unpaired) electrons. The highest BCUT2D eigenvalue weighted by molar-refractivity contribution is 5.83. The lowest BCUT2D eigenvalue weighted by Gasteiger charge is -2.22. The highest BCUT2D eigenvalue weighted by Gasteiger charge is 2.31. The molecule has 0 amide bonds. The lowest BCUT2D eigenvalue weighted by Crippen LogP contribution is -2.31. The summed E-state index contributed by atoms with van der Waals surface area (Å²) in [5, 5.41) is 0. The van der Waals surface area contributed by atoms with Crippen LogP contribution >= 0.6 is 0 Å². The zero-order valence-electron chi connectivity index (χ0n) is 8.90. The van der Waals surface area contributed by atoms with Gasteiger partial charge in [0.15, 0.2) is 6.29 Å². The van der Waals surface area contributed by atoms with Crippen LogP contribution in [0.1, 0.15) is 19.4 Å². The Balaban J connectivity index is 2.82. The molecule has 0 aliphatic rings. The van der Waals surface area contributed by atoms with Crippen molar-refractivity contribution in [3.05, 3.63) is 35.9 Å². The van der Waals surface area contributed by atoms with Crippen molar-refractivity contribution in [2.24, 2.45) is 0 Å². The first-order chi connectivity index (χ1) is 7.09. The summed E-state index contributed by atoms with van der Waals surface area (Å²) in [6.45, 7) is 3.36. The van der Waals surface area contributed by atoms with Gasteiger partial charge >= 0.3 is 5.97 Å². The van der Waals surface area contributed by atoms with Gasteiger partial charge in [-0.05, 0) is 19.4 Å². The van der Waals surface area contributed by atoms with Gasteiger partial charge in [0.25, 0.3) is 0 Å². The van der Waals surface area contributed by atoms with Crippen LogP contribution in [0.3, 0.4) is 0 Å². The average molecular weight is 206 g/mol. The molecule has 3 nitrogen and oxygen atoms in total. The number of esters is 1. The Morgan fingerprint density at radius 3 is 2.47 bits per heavy atom. The molecule has 80 valence electrons. The van der Waals surface area contributed by atoms with Crippen molar-refractivity contribution in [3.63, 3.8) is 0 Å². The molecule has 1 rings (SSSR count). The topological polar surface area (TPSA) is 43.4 Å². The number of benzene rings is 1. The van der Waals surface area contributed by atoms with E-state index in [-0.39, 0.29) is 12.6 Å². The van der Waals surface area contributed by atoms with Crippen LogP contribution in [0.15, 0.2) is 30.3 Å². The van der Waals surface area contributed by atoms with Gasteiger partial charge in [-0.25, -0.2) is 0 Å². The third kappa shape index (κ3) is 2.65. The fraction of sp³-hybridized carbons (Fsp3) is 0.333. The molecular formula is C12H14O3. The van der Waals surface area contributed by atoms with Gasteiger partial charge < -0.3 is 4.74 Å². The number of aldehydes is 1. The molecule has 3 heteroatoms. The van der Waals surface area contributed by atoms with Crippen molar-refractivity contribution in [2.75, 3.05) is 6.61 Å². The third-order valence-electron chi connectivity index (χ3n) is 2.29. The summed E-state index contributed by atoms with van der Waals surface area (Å²) in [6, 6.07) is 9.34. The van der Waals surface area contributed by atoms with E-state index in [9.17, 15) is 9.59 Å². The number of carbonyl (C=O) groups is 2. The first kappa shape index (κ1) is 11.4. The summed E-state index contributed by atoms with van der Waals surface area (Å²) < 4.78 is 4.80. The molecular weight excluding hydrogens is 192 g/mol. The summed E-state index contributed by atoms with van der Waals surface area (Å²) in [5.74, 6) is -0.388. The summed E-state index contributed by atoms with van der Waals surface area (Å²) in [5.41, 5.74) is 0.158. The van der Waals surface area contributed by atoms with Crippen LogP contribution in [0.25, 0.3) is 0 Å². The Morgan fingerprint density at radius 1 is 1.33 bits per heavy atom. The zero-order chi connectivity index (χ0) is 11.3. The van der Waals surface area contributed by atoms with Crippen molar-refractivity contribution in [3.8, 4) is 0 Å². The van der Waals surface area contributed by atoms with E-state index in [1.165, 1.54) is 0 Å². The van der Waals surface area contributed by atoms with Crippen LogP contribution in [0, 0.1) is 0 Å². The maximum atomic E-state index is 11.6. The quantitative estimate of drug-likeness (QED) is 0.556. The molecule has 0 spiro atoms. The number of ether oxygens (including phenoxy) is 1. The molecule has 1 aromatic rings. The number of rotatable bonds is 4. The van der Waals surface area contributed by atoms with E-state index in [2.05, 4.69) is 0 Å². The second-order valence-electron chi connectivity index (χ2n) is 3.76. The van der Waals surface area contributed by atoms with Crippen LogP contribution < -0.4 is 0 Å². The second-order valence-corrected chi connectivity index (χ2v) is 3.76. The molecule has 0 aliphatic heterocycles. The fourth-order valence-electron chi connectivity index (χ4n) is 1.26. The zero-order valence-corrected chi connectivity index (χ0v) is 8.90. The Hall–Kier alpha value is -1.64. The smallest absolute Gasteiger partial charge is 0.316 e. The highest BCUT2D eigenvalue weighted by Crippen LogP contribution is 2.24. The molecule has 15 heavy (non-hydrogen) atoms. The Kier molecular flexibility index (Phi) is 3.61. The lowest BCUT2D eigenvalue weighted by atomic mass is 9.85. The van der Waals surface area contributed by atoms with E-state index in [0.29, 0.717) is 6.29 Å². The Morgan fingerprint density at radius 2 is 1.93 bits per heavy atom. The predicted octanol–water partition coefficient (Wildman–Crippen LogP) is 1.71. The van der Waals surface area contributed by atoms with Crippen molar-refractivity contribution < 1.29 is 14.3 Å². The first-order valence-corrected chi connectivity index (χ1v) is 4.75. The van der Waals surface area contributed by atoms with Crippen LogP contribution in [0.5, 0.6) is 0 Å². The van der Waals surface area contributed by atoms with Gasteiger partial charge in [0.05, 0.1) is 5.41 Å². The van der Waals surface area contributed by atoms with Gasteiger partial charge in [-0.3, -0.25) is 9.59 Å². The predicted molar refractivity (Wildman–Crippen MR) is 56.5 cm³/mol. The Bertz CT molecular complexity index is 341. The summed E-state index contributed by atoms with van der Waals surface area (Å²) in [4.78, 5) is 21.7. The summed E-state index contributed by atoms with van der Waals surface area (Å²) in [7, 11) is 0. The number of hydrogen-bond donors (Lipinski definition) is 0. The molecule has 1 aromatic carbocycles. The van der Waals surface area contributed by atoms with E-state index in [1.807, 2.05) is 30.3 Å². The minimum absolute atomic E-state index is 0.185. The van der Waals surface area contributed by atoms with Gasteiger partial charge in [0, 0.05) is 0 Å². The first-order valence-electron chi connectivity index (χ1n) is 4.75. The van der Waals surface area contributed by atoms with Gasteiger partial charge in [0.2, 0.25) is 0 Å². The molecule has 0 heterocycles. The minimum Gasteiger partial charge on any atom is -0.457 e. The summed E-state index contributed by atoms with van der Waals surface area (Å²) >= 11 is 0. The number of hydrogen-bond acceptors (Lipinski definition) is 3. The molecule has 0 fully saturated rings. The van der Waals surface area contributed by atoms with E-state index in [1.54, 1.807) is 13.8 Å². The van der Waals surface area contributed by atoms with Gasteiger partial charge in [0.1, 0.15) is 6.61 Å². The maximum absolute atomic E-state index is 11.6. The molecule has 0 atom stereocenters. The van der Waals surface area contributed by atoms with Gasteiger partial charge in [-0.1, -0.05) is 30.3 Å². The molecule has 0 aromatic heterocycles. The van der Waals surface area contributed by atoms with E-state index in [0.717, 1.165) is 5.56 Å². The molecule has 0 saturated heterocycles. The van der Waals surface area contributed by atoms with E-state index in [4.69, 9.17) is 4.74 Å². The molecule has 0 unspecified atom stereocenters. The molecule has 0 bridgehead atoms. The van der Waals surface area contributed by atoms with Crippen molar-refractivity contribution in [1.82, 2.24) is 0 Å². The van der Waals surface area contributed by atoms with Crippen molar-refractivity contribution in [1.29, 1.82) is 0 Å². The van der Waals surface area contributed by atoms with Gasteiger partial charge in [-0.2, -0.15) is 0 Å². The molecule has 0 N–H and O–H groups in total. The summed E-state index contributed by atoms with van der Waals surface area (Å²) in [6.07, 6.45) is 0.568. The standard InChI is InChI=1S/C12H14O3/c1-12(2,11(14)15-9-8-13)10-6-4-3-5-7-10/h3-8H,9H2,1-2H3. The van der Waals surface area contributed by atoms with Crippen molar-refractivity contribution >= 4 is 12.3 Å². The molecule has 0 aliphatic carbocycles. The second kappa shape index (κ2) is 4.73. The highest BCUT2D eigenvalue weighted by atomic mass is 16.5. The van der Waals surface area contributed by atoms with Crippen LogP contribution in [-0.2, 0) is 19.7 Å². The lowest BCUT2D eigenvalue weighted by molar-refractivity contribution is -0.150. The fourth-order valence-corrected chi connectivity index (χ4v) is 1.26. The minimum atomic E-state index is -0.718. The monoisotopic (exact) mass is 206 g/mol. The normalized spacial score (nSPS) is 10.8. The van der Waals surface area contributed by atoms with Crippen LogP contribution in [0.4, 0.5) is 0 Å². The number of carbonyl (C=O) groups excluding carboxylic acids is 2. The Labute approximate surface area is 89.1 Å². The average Bonchev–Trinajstić information content (AvgIpc) is 2.27. The third-order valence-corrected chi connectivity index (χ3v) is 2.29. The van der Waals surface area contributed by atoms with E-state index < -0.39 is 5.41 Å². The van der Waals surface area contributed by atoms with Crippen LogP contribution in [-0.4, -0.2) is 18.9 Å². The SMILES string of the molecule is CC(C)(C(=O)OCC=O)c1ccccc1. The molecule has 0 saturated carbocycles. The largest absolute Gasteiger partial charge is 0.457 e.